The van der Waals surface area contributed by atoms with Gasteiger partial charge in [-0.05, 0) is 38.1 Å². The number of oxime groups is 2. The molecule has 0 saturated heterocycles. The molecule has 2 amide bonds. The van der Waals surface area contributed by atoms with Gasteiger partial charge in [0.2, 0.25) is 0 Å². The van der Waals surface area contributed by atoms with Crippen LogP contribution in [0.25, 0.3) is 11.4 Å². The summed E-state index contributed by atoms with van der Waals surface area (Å²) in [7, 11) is -3.32. The first kappa shape index (κ1) is 47.1. The van der Waals surface area contributed by atoms with E-state index in [1.54, 1.807) is 69.1 Å². The van der Waals surface area contributed by atoms with Gasteiger partial charge < -0.3 is 19.5 Å². The van der Waals surface area contributed by atoms with Gasteiger partial charge in [-0.25, -0.2) is 35.3 Å². The van der Waals surface area contributed by atoms with Crippen molar-refractivity contribution in [3.05, 3.63) is 71.8 Å². The standard InChI is InChI=1S/C18H20ClF2N5O4S.C18H20ClF2N5O3S/c1-3-25(15-9-26(23-16(15)19)13-5-4-6-22-8-13)17(27)14(24-30-2)11-31(28,29)10-12-7-18(12,20)21;1-3-25(15-9-26(23-16(15)19)13-5-4-6-22-8-13)17(27)14(24-29-2)11-30(28)10-12-7-18(12,20)21/h4-6,8-9,12H,3,7,10-11H2,1-2H3;4-6,8-9,12H,3,7,10-11H2,1-2H3. The van der Waals surface area contributed by atoms with Crippen molar-refractivity contribution in [1.29, 1.82) is 0 Å². The van der Waals surface area contributed by atoms with Gasteiger partial charge in [0.1, 0.15) is 31.3 Å². The van der Waals surface area contributed by atoms with Crippen molar-refractivity contribution in [2.75, 3.05) is 60.1 Å². The number of alkyl halides is 4. The minimum absolute atomic E-state index is 0.00343. The van der Waals surface area contributed by atoms with Gasteiger partial charge in [-0.2, -0.15) is 10.2 Å². The molecule has 3 atom stereocenters. The van der Waals surface area contributed by atoms with E-state index in [1.165, 1.54) is 32.5 Å². The van der Waals surface area contributed by atoms with Crippen molar-refractivity contribution in [2.24, 2.45) is 22.1 Å². The lowest BCUT2D eigenvalue weighted by molar-refractivity contribution is -0.113. The predicted octanol–water partition coefficient (Wildman–Crippen LogP) is 5.03. The molecule has 2 aliphatic carbocycles. The summed E-state index contributed by atoms with van der Waals surface area (Å²) in [5.41, 5.74) is 1.18. The number of anilines is 2. The molecule has 0 aliphatic heterocycles. The SMILES string of the molecule is CCN(C(=O)C(CS(=O)(=O)CC1CC1(F)F)=NOC)c1cn(-c2cccnc2)nc1Cl.CCN(C(=O)C(CS(=O)CC1CC1(F)F)=NOC)c1cn(-c2cccnc2)nc1Cl. The van der Waals surface area contributed by atoms with Gasteiger partial charge in [-0.1, -0.05) is 33.5 Å². The first-order chi connectivity index (χ1) is 28.8. The van der Waals surface area contributed by atoms with Crippen LogP contribution in [-0.4, -0.2) is 128 Å². The van der Waals surface area contributed by atoms with Crippen LogP contribution in [0.15, 0.2) is 71.8 Å². The van der Waals surface area contributed by atoms with Gasteiger partial charge in [0, 0.05) is 66.7 Å². The minimum Gasteiger partial charge on any atom is -0.399 e. The smallest absolute Gasteiger partial charge is 0.277 e. The first-order valence-corrected chi connectivity index (χ1v) is 22.4. The average molecular weight is 936 g/mol. The fourth-order valence-corrected chi connectivity index (χ4v) is 9.40. The summed E-state index contributed by atoms with van der Waals surface area (Å²) < 4.78 is 92.4. The third-order valence-electron chi connectivity index (χ3n) is 9.13. The quantitative estimate of drug-likeness (QED) is 0.0738. The van der Waals surface area contributed by atoms with E-state index in [0.29, 0.717) is 17.1 Å². The molecular formula is C36H40Cl2F4N10O7S2. The normalized spacial score (nSPS) is 18.3. The highest BCUT2D eigenvalue weighted by Gasteiger charge is 2.58. The number of carbonyl (C=O) groups is 2. The van der Waals surface area contributed by atoms with E-state index in [9.17, 15) is 39.8 Å². The Morgan fingerprint density at radius 1 is 0.836 bits per heavy atom. The molecule has 4 aromatic rings. The second kappa shape index (κ2) is 19.8. The van der Waals surface area contributed by atoms with E-state index in [-0.39, 0.29) is 52.7 Å². The van der Waals surface area contributed by atoms with Gasteiger partial charge in [0.05, 0.1) is 47.7 Å². The number of sulfone groups is 1. The Balaban J connectivity index is 0.000000231. The van der Waals surface area contributed by atoms with Crippen LogP contribution in [0.4, 0.5) is 28.9 Å². The van der Waals surface area contributed by atoms with Crippen molar-refractivity contribution in [3.63, 3.8) is 0 Å². The Morgan fingerprint density at radius 2 is 1.28 bits per heavy atom. The maximum Gasteiger partial charge on any atom is 0.277 e. The Hall–Kier alpha value is -5.00. The Labute approximate surface area is 360 Å². The van der Waals surface area contributed by atoms with E-state index in [0.717, 1.165) is 7.11 Å². The predicted molar refractivity (Wildman–Crippen MR) is 220 cm³/mol. The summed E-state index contributed by atoms with van der Waals surface area (Å²) >= 11 is 12.5. The molecule has 4 heterocycles. The second-order valence-electron chi connectivity index (χ2n) is 13.6. The molecule has 0 radical (unpaired) electrons. The van der Waals surface area contributed by atoms with Crippen molar-refractivity contribution in [3.8, 4) is 11.4 Å². The zero-order valence-electron chi connectivity index (χ0n) is 33.0. The van der Waals surface area contributed by atoms with Crippen LogP contribution >= 0.6 is 23.2 Å². The van der Waals surface area contributed by atoms with Crippen LogP contribution in [0.1, 0.15) is 26.7 Å². The van der Waals surface area contributed by atoms with Gasteiger partial charge in [0.25, 0.3) is 23.7 Å². The van der Waals surface area contributed by atoms with Gasteiger partial charge in [0.15, 0.2) is 31.6 Å². The third-order valence-corrected chi connectivity index (χ3v) is 12.7. The number of pyridine rings is 2. The fraction of sp³-hybridized carbons (Fsp3) is 0.444. The van der Waals surface area contributed by atoms with Gasteiger partial charge in [-0.15, -0.1) is 0 Å². The van der Waals surface area contributed by atoms with Crippen LogP contribution in [-0.2, 0) is 39.9 Å². The van der Waals surface area contributed by atoms with Crippen LogP contribution in [0, 0.1) is 11.8 Å². The lowest BCUT2D eigenvalue weighted by atomic mass is 10.3. The lowest BCUT2D eigenvalue weighted by Crippen LogP contribution is -2.40. The summed E-state index contributed by atoms with van der Waals surface area (Å²) in [5.74, 6) is -11.4. The Bertz CT molecular complexity index is 2390. The fourth-order valence-electron chi connectivity index (χ4n) is 5.84. The van der Waals surface area contributed by atoms with E-state index in [4.69, 9.17) is 28.0 Å². The maximum atomic E-state index is 13.1. The molecule has 2 aliphatic rings. The van der Waals surface area contributed by atoms with Gasteiger partial charge in [-0.3, -0.25) is 23.8 Å². The molecule has 17 nitrogen and oxygen atoms in total. The highest BCUT2D eigenvalue weighted by Crippen LogP contribution is 2.49. The van der Waals surface area contributed by atoms with Crippen LogP contribution < -0.4 is 9.80 Å². The second-order valence-corrected chi connectivity index (χ2v) is 17.9. The molecule has 3 unspecified atom stereocenters. The number of amides is 2. The number of halogens is 6. The van der Waals surface area contributed by atoms with E-state index < -0.39 is 79.8 Å². The minimum atomic E-state index is -4.03. The molecular weight excluding hydrogens is 895 g/mol. The molecule has 2 saturated carbocycles. The van der Waals surface area contributed by atoms with Crippen molar-refractivity contribution in [2.45, 2.75) is 38.5 Å². The molecule has 0 N–H and O–H groups in total. The molecule has 6 rings (SSSR count). The maximum absolute atomic E-state index is 13.1. The summed E-state index contributed by atoms with van der Waals surface area (Å²) in [6, 6.07) is 6.93. The van der Waals surface area contributed by atoms with E-state index in [2.05, 4.69) is 35.3 Å². The van der Waals surface area contributed by atoms with Crippen LogP contribution in [0.2, 0.25) is 10.3 Å². The number of carbonyl (C=O) groups excluding carboxylic acids is 2. The zero-order valence-corrected chi connectivity index (χ0v) is 36.1. The summed E-state index contributed by atoms with van der Waals surface area (Å²) in [5, 5.41) is 15.6. The van der Waals surface area contributed by atoms with E-state index >= 15 is 0 Å². The topological polar surface area (TPSA) is 196 Å². The molecule has 4 aromatic heterocycles. The van der Waals surface area contributed by atoms with Gasteiger partial charge >= 0.3 is 0 Å². The van der Waals surface area contributed by atoms with Crippen molar-refractivity contribution < 1.29 is 49.5 Å². The average Bonchev–Trinajstić information content (AvgIpc) is 3.82. The molecule has 330 valence electrons. The number of nitrogens with zero attached hydrogens (tertiary/aromatic N) is 10. The molecule has 0 spiro atoms. The highest BCUT2D eigenvalue weighted by molar-refractivity contribution is 7.92. The number of rotatable bonds is 18. The molecule has 25 heteroatoms. The van der Waals surface area contributed by atoms with Crippen LogP contribution in [0.5, 0.6) is 0 Å². The largest absolute Gasteiger partial charge is 0.399 e. The third kappa shape index (κ3) is 12.1. The molecule has 0 bridgehead atoms. The summed E-state index contributed by atoms with van der Waals surface area (Å²) in [6.45, 7) is 3.70. The Morgan fingerprint density at radius 3 is 1.67 bits per heavy atom. The monoisotopic (exact) mass is 934 g/mol. The van der Waals surface area contributed by atoms with E-state index in [1.807, 2.05) is 0 Å². The zero-order chi connectivity index (χ0) is 44.7. The highest BCUT2D eigenvalue weighted by atomic mass is 35.5. The summed E-state index contributed by atoms with van der Waals surface area (Å²) in [4.78, 5) is 46.0. The molecule has 61 heavy (non-hydrogen) atoms. The van der Waals surface area contributed by atoms with Crippen molar-refractivity contribution >= 4 is 78.5 Å². The van der Waals surface area contributed by atoms with Crippen molar-refractivity contribution in [1.82, 2.24) is 29.5 Å². The number of hydrogen-bond donors (Lipinski definition) is 0. The number of hydrogen-bond acceptors (Lipinski definition) is 13. The lowest BCUT2D eigenvalue weighted by Gasteiger charge is -2.20. The molecule has 2 fully saturated rings. The number of aromatic nitrogens is 6. The first-order valence-electron chi connectivity index (χ1n) is 18.3. The van der Waals surface area contributed by atoms with Crippen LogP contribution in [0.3, 0.4) is 0 Å². The Kier molecular flexibility index (Phi) is 15.3. The molecule has 0 aromatic carbocycles. The summed E-state index contributed by atoms with van der Waals surface area (Å²) in [6.07, 6.45) is 8.61.